The minimum absolute atomic E-state index is 0.0202. The predicted octanol–water partition coefficient (Wildman–Crippen LogP) is 2.98. The molecule has 2 rings (SSSR count). The zero-order valence-electron chi connectivity index (χ0n) is 12.3. The van der Waals surface area contributed by atoms with E-state index in [1.165, 1.54) is 0 Å². The first-order valence-electron chi connectivity index (χ1n) is 6.64. The van der Waals surface area contributed by atoms with Crippen molar-refractivity contribution in [1.82, 2.24) is 4.40 Å². The van der Waals surface area contributed by atoms with E-state index < -0.39 is 0 Å². The van der Waals surface area contributed by atoms with E-state index in [1.54, 1.807) is 21.0 Å². The molecule has 2 heterocycles. The molecule has 0 aliphatic carbocycles. The maximum Gasteiger partial charge on any atom is 0.197 e. The van der Waals surface area contributed by atoms with Crippen LogP contribution in [0.2, 0.25) is 0 Å². The Kier molecular flexibility index (Phi) is 3.93. The van der Waals surface area contributed by atoms with Crippen molar-refractivity contribution in [3.8, 4) is 5.88 Å². The van der Waals surface area contributed by atoms with Gasteiger partial charge in [0.1, 0.15) is 5.78 Å². The number of pyridine rings is 1. The Morgan fingerprint density at radius 2 is 1.95 bits per heavy atom. The molecule has 0 saturated carbocycles. The van der Waals surface area contributed by atoms with Gasteiger partial charge in [-0.3, -0.25) is 9.20 Å². The third-order valence-corrected chi connectivity index (χ3v) is 3.55. The van der Waals surface area contributed by atoms with Crippen LogP contribution in [-0.4, -0.2) is 23.1 Å². The van der Waals surface area contributed by atoms with Gasteiger partial charge in [0.15, 0.2) is 11.7 Å². The highest BCUT2D eigenvalue weighted by Gasteiger charge is 2.20. The van der Waals surface area contributed by atoms with Crippen LogP contribution in [0, 0.1) is 6.92 Å². The number of hydrogen-bond donors (Lipinski definition) is 0. The number of methoxy groups -OCH3 is 1. The van der Waals surface area contributed by atoms with Crippen LogP contribution in [0.15, 0.2) is 18.2 Å². The van der Waals surface area contributed by atoms with Crippen molar-refractivity contribution in [2.75, 3.05) is 7.11 Å². The normalized spacial score (nSPS) is 10.8. The summed E-state index contributed by atoms with van der Waals surface area (Å²) < 4.78 is 7.33. The van der Waals surface area contributed by atoms with Gasteiger partial charge in [-0.2, -0.15) is 0 Å². The summed E-state index contributed by atoms with van der Waals surface area (Å²) in [5, 5.41) is 0. The van der Waals surface area contributed by atoms with Gasteiger partial charge in [-0.15, -0.1) is 0 Å². The fourth-order valence-electron chi connectivity index (χ4n) is 2.67. The van der Waals surface area contributed by atoms with Gasteiger partial charge in [0.2, 0.25) is 0 Å². The van der Waals surface area contributed by atoms with E-state index in [9.17, 15) is 9.59 Å². The maximum absolute atomic E-state index is 12.0. The van der Waals surface area contributed by atoms with Crippen LogP contribution >= 0.6 is 0 Å². The lowest BCUT2D eigenvalue weighted by Crippen LogP contribution is -2.05. The van der Waals surface area contributed by atoms with Gasteiger partial charge in [-0.1, -0.05) is 6.07 Å². The van der Waals surface area contributed by atoms with Gasteiger partial charge in [-0.25, -0.2) is 0 Å². The highest BCUT2D eigenvalue weighted by Crippen LogP contribution is 2.29. The monoisotopic (exact) mass is 273 g/mol. The third-order valence-electron chi connectivity index (χ3n) is 3.55. The quantitative estimate of drug-likeness (QED) is 0.787. The maximum atomic E-state index is 12.0. The molecule has 0 aromatic carbocycles. The van der Waals surface area contributed by atoms with E-state index in [1.807, 2.05) is 29.5 Å². The number of ether oxygens (including phenoxy) is 1. The van der Waals surface area contributed by atoms with Crippen LogP contribution in [0.25, 0.3) is 5.52 Å². The van der Waals surface area contributed by atoms with E-state index in [4.69, 9.17) is 4.74 Å². The summed E-state index contributed by atoms with van der Waals surface area (Å²) in [6.45, 7) is 5.06. The third kappa shape index (κ3) is 2.33. The second-order valence-electron chi connectivity index (χ2n) is 4.99. The van der Waals surface area contributed by atoms with Gasteiger partial charge >= 0.3 is 0 Å². The van der Waals surface area contributed by atoms with E-state index in [0.717, 1.165) is 16.8 Å². The number of nitrogens with zero attached hydrogens (tertiary/aromatic N) is 1. The van der Waals surface area contributed by atoms with Crippen molar-refractivity contribution in [2.24, 2.45) is 0 Å². The first-order valence-corrected chi connectivity index (χ1v) is 6.64. The summed E-state index contributed by atoms with van der Waals surface area (Å²) in [5.74, 6) is 0.811. The van der Waals surface area contributed by atoms with Crippen molar-refractivity contribution >= 4 is 17.1 Å². The molecule has 0 fully saturated rings. The van der Waals surface area contributed by atoms with Gasteiger partial charge in [0.25, 0.3) is 0 Å². The molecule has 0 N–H and O–H groups in total. The molecule has 2 aromatic heterocycles. The van der Waals surface area contributed by atoms with Crippen LogP contribution in [0.3, 0.4) is 0 Å². The molecule has 0 saturated heterocycles. The Hall–Kier alpha value is -2.10. The van der Waals surface area contributed by atoms with Crippen LogP contribution < -0.4 is 4.74 Å². The summed E-state index contributed by atoms with van der Waals surface area (Å²) in [6, 6.07) is 5.72. The van der Waals surface area contributed by atoms with E-state index in [-0.39, 0.29) is 11.6 Å². The Bertz CT molecular complexity index is 683. The van der Waals surface area contributed by atoms with Gasteiger partial charge in [-0.05, 0) is 44.9 Å². The van der Waals surface area contributed by atoms with E-state index in [0.29, 0.717) is 24.3 Å². The van der Waals surface area contributed by atoms with Crippen molar-refractivity contribution in [3.05, 3.63) is 35.0 Å². The molecular formula is C16H19NO3. The highest BCUT2D eigenvalue weighted by atomic mass is 16.5. The van der Waals surface area contributed by atoms with Crippen molar-refractivity contribution < 1.29 is 14.3 Å². The SMILES string of the molecule is COc1cccc2c(C)c(C(C)=O)c(CCC(C)=O)n12. The summed E-state index contributed by atoms with van der Waals surface area (Å²) in [5.41, 5.74) is 3.46. The second kappa shape index (κ2) is 5.49. The summed E-state index contributed by atoms with van der Waals surface area (Å²) >= 11 is 0. The van der Waals surface area contributed by atoms with Crippen LogP contribution in [0.5, 0.6) is 5.88 Å². The Morgan fingerprint density at radius 1 is 1.25 bits per heavy atom. The molecule has 4 heteroatoms. The lowest BCUT2D eigenvalue weighted by Gasteiger charge is -2.09. The number of fused-ring (bicyclic) bond motifs is 1. The van der Waals surface area contributed by atoms with Crippen LogP contribution in [-0.2, 0) is 11.2 Å². The summed E-state index contributed by atoms with van der Waals surface area (Å²) in [7, 11) is 1.60. The number of aryl methyl sites for hydroxylation is 2. The lowest BCUT2D eigenvalue weighted by atomic mass is 10.0. The molecule has 0 bridgehead atoms. The van der Waals surface area contributed by atoms with Gasteiger partial charge in [0.05, 0.1) is 12.6 Å². The summed E-state index contributed by atoms with van der Waals surface area (Å²) in [4.78, 5) is 23.2. The lowest BCUT2D eigenvalue weighted by molar-refractivity contribution is -0.117. The standard InChI is InChI=1S/C16H19NO3/c1-10(18)8-9-14-16(12(3)19)11(2)13-6-5-7-15(20-4)17(13)14/h5-7H,8-9H2,1-4H3. The minimum atomic E-state index is 0.0202. The molecule has 0 unspecified atom stereocenters. The predicted molar refractivity (Wildman–Crippen MR) is 77.7 cm³/mol. The highest BCUT2D eigenvalue weighted by molar-refractivity contribution is 5.99. The molecule has 0 spiro atoms. The molecular weight excluding hydrogens is 254 g/mol. The number of Topliss-reactive ketones (excluding diaryl/α,β-unsaturated/α-hetero) is 2. The van der Waals surface area contributed by atoms with Crippen LogP contribution in [0.1, 0.15) is 41.9 Å². The average Bonchev–Trinajstić information content (AvgIpc) is 2.69. The van der Waals surface area contributed by atoms with Gasteiger partial charge < -0.3 is 9.53 Å². The molecule has 0 atom stereocenters. The Balaban J connectivity index is 2.74. The zero-order valence-corrected chi connectivity index (χ0v) is 12.3. The van der Waals surface area contributed by atoms with Crippen molar-refractivity contribution in [2.45, 2.75) is 33.6 Å². The number of aromatic nitrogens is 1. The fraction of sp³-hybridized carbons (Fsp3) is 0.375. The first-order chi connectivity index (χ1) is 9.47. The van der Waals surface area contributed by atoms with E-state index >= 15 is 0 Å². The summed E-state index contributed by atoms with van der Waals surface area (Å²) in [6.07, 6.45) is 0.962. The van der Waals surface area contributed by atoms with Crippen LogP contribution in [0.4, 0.5) is 0 Å². The molecule has 0 radical (unpaired) electrons. The first kappa shape index (κ1) is 14.3. The number of rotatable bonds is 5. The molecule has 20 heavy (non-hydrogen) atoms. The minimum Gasteiger partial charge on any atom is -0.482 e. The molecule has 106 valence electrons. The van der Waals surface area contributed by atoms with Gasteiger partial charge in [0, 0.05) is 17.7 Å². The topological polar surface area (TPSA) is 47.8 Å². The largest absolute Gasteiger partial charge is 0.482 e. The van der Waals surface area contributed by atoms with Crippen molar-refractivity contribution in [3.63, 3.8) is 0 Å². The number of hydrogen-bond acceptors (Lipinski definition) is 3. The average molecular weight is 273 g/mol. The Labute approximate surface area is 118 Å². The molecule has 4 nitrogen and oxygen atoms in total. The zero-order chi connectivity index (χ0) is 14.9. The van der Waals surface area contributed by atoms with E-state index in [2.05, 4.69) is 0 Å². The second-order valence-corrected chi connectivity index (χ2v) is 4.99. The smallest absolute Gasteiger partial charge is 0.197 e. The molecule has 0 aliphatic rings. The Morgan fingerprint density at radius 3 is 2.50 bits per heavy atom. The fourth-order valence-corrected chi connectivity index (χ4v) is 2.67. The molecule has 0 aliphatic heterocycles. The number of carbonyl (C=O) groups is 2. The number of ketones is 2. The van der Waals surface area contributed by atoms with Crippen molar-refractivity contribution in [1.29, 1.82) is 0 Å². The molecule has 0 amide bonds. The number of carbonyl (C=O) groups excluding carboxylic acids is 2. The molecule has 2 aromatic rings.